The molecule has 6 heteroatoms. The molecule has 0 unspecified atom stereocenters. The second kappa shape index (κ2) is 6.17. The number of amides is 1. The van der Waals surface area contributed by atoms with Crippen molar-refractivity contribution in [1.29, 1.82) is 0 Å². The summed E-state index contributed by atoms with van der Waals surface area (Å²) in [6.07, 6.45) is 2.55. The Morgan fingerprint density at radius 2 is 2.09 bits per heavy atom. The standard InChI is InChI=1S/C16H19N3O3/c1-22-16(21)9-8-15(20)17-10-14-18-12-4-2-3-5-13(12)19(14)11-6-7-11/h2-5,11H,6-10H2,1H3,(H,17,20). The smallest absolute Gasteiger partial charge is 0.306 e. The van der Waals surface area contributed by atoms with Crippen LogP contribution in [0.4, 0.5) is 0 Å². The van der Waals surface area contributed by atoms with Gasteiger partial charge in [-0.1, -0.05) is 12.1 Å². The minimum absolute atomic E-state index is 0.0986. The van der Waals surface area contributed by atoms with Crippen molar-refractivity contribution in [3.63, 3.8) is 0 Å². The quantitative estimate of drug-likeness (QED) is 0.828. The minimum atomic E-state index is -0.375. The molecule has 1 aromatic carbocycles. The van der Waals surface area contributed by atoms with E-state index in [1.165, 1.54) is 7.11 Å². The van der Waals surface area contributed by atoms with Gasteiger partial charge in [0, 0.05) is 12.5 Å². The minimum Gasteiger partial charge on any atom is -0.469 e. The molecule has 0 aliphatic heterocycles. The maximum absolute atomic E-state index is 11.8. The molecular weight excluding hydrogens is 282 g/mol. The van der Waals surface area contributed by atoms with Crippen LogP contribution >= 0.6 is 0 Å². The van der Waals surface area contributed by atoms with Gasteiger partial charge in [0.2, 0.25) is 5.91 Å². The Labute approximate surface area is 128 Å². The zero-order valence-electron chi connectivity index (χ0n) is 12.5. The molecule has 6 nitrogen and oxygen atoms in total. The molecule has 2 aromatic rings. The third kappa shape index (κ3) is 3.10. The summed E-state index contributed by atoms with van der Waals surface area (Å²) in [5.41, 5.74) is 2.07. The molecule has 1 heterocycles. The third-order valence-corrected chi connectivity index (χ3v) is 3.81. The van der Waals surface area contributed by atoms with Crippen LogP contribution in [0.15, 0.2) is 24.3 Å². The zero-order valence-corrected chi connectivity index (χ0v) is 12.5. The van der Waals surface area contributed by atoms with Crippen molar-refractivity contribution < 1.29 is 14.3 Å². The van der Waals surface area contributed by atoms with Gasteiger partial charge in [0.05, 0.1) is 31.1 Å². The van der Waals surface area contributed by atoms with Gasteiger partial charge in [-0.2, -0.15) is 0 Å². The number of benzene rings is 1. The van der Waals surface area contributed by atoms with Crippen molar-refractivity contribution in [2.24, 2.45) is 0 Å². The molecular formula is C16H19N3O3. The molecule has 1 aliphatic carbocycles. The van der Waals surface area contributed by atoms with E-state index in [9.17, 15) is 9.59 Å². The fourth-order valence-electron chi connectivity index (χ4n) is 2.54. The Kier molecular flexibility index (Phi) is 4.09. The summed E-state index contributed by atoms with van der Waals surface area (Å²) < 4.78 is 6.74. The van der Waals surface area contributed by atoms with Crippen LogP contribution in [-0.2, 0) is 20.9 Å². The van der Waals surface area contributed by atoms with Crippen LogP contribution in [0.1, 0.15) is 37.5 Å². The Hall–Kier alpha value is -2.37. The highest BCUT2D eigenvalue weighted by molar-refractivity contribution is 5.81. The number of aromatic nitrogens is 2. The fraction of sp³-hybridized carbons (Fsp3) is 0.438. The van der Waals surface area contributed by atoms with Crippen LogP contribution in [0.25, 0.3) is 11.0 Å². The predicted octanol–water partition coefficient (Wildman–Crippen LogP) is 1.94. The molecule has 1 aliphatic rings. The number of ether oxygens (including phenoxy) is 1. The number of imidazole rings is 1. The molecule has 0 radical (unpaired) electrons. The van der Waals surface area contributed by atoms with Gasteiger partial charge in [-0.15, -0.1) is 0 Å². The Bertz CT molecular complexity index is 704. The Morgan fingerprint density at radius 1 is 1.32 bits per heavy atom. The van der Waals surface area contributed by atoms with E-state index in [0.29, 0.717) is 12.6 Å². The van der Waals surface area contributed by atoms with Gasteiger partial charge in [-0.05, 0) is 25.0 Å². The highest BCUT2D eigenvalue weighted by Crippen LogP contribution is 2.38. The summed E-state index contributed by atoms with van der Waals surface area (Å²) >= 11 is 0. The molecule has 22 heavy (non-hydrogen) atoms. The van der Waals surface area contributed by atoms with Crippen molar-refractivity contribution in [1.82, 2.24) is 14.9 Å². The molecule has 0 spiro atoms. The second-order valence-corrected chi connectivity index (χ2v) is 5.47. The maximum atomic E-state index is 11.8. The SMILES string of the molecule is COC(=O)CCC(=O)NCc1nc2ccccc2n1C1CC1. The van der Waals surface area contributed by atoms with Crippen molar-refractivity contribution >= 4 is 22.9 Å². The lowest BCUT2D eigenvalue weighted by atomic mass is 10.3. The largest absolute Gasteiger partial charge is 0.469 e. The molecule has 1 aromatic heterocycles. The number of fused-ring (bicyclic) bond motifs is 1. The summed E-state index contributed by atoms with van der Waals surface area (Å²) in [4.78, 5) is 27.4. The highest BCUT2D eigenvalue weighted by Gasteiger charge is 2.28. The fourth-order valence-corrected chi connectivity index (χ4v) is 2.54. The van der Waals surface area contributed by atoms with Gasteiger partial charge in [-0.3, -0.25) is 9.59 Å². The number of hydrogen-bond donors (Lipinski definition) is 1. The molecule has 0 atom stereocenters. The van der Waals surface area contributed by atoms with Crippen molar-refractivity contribution in [2.45, 2.75) is 38.3 Å². The van der Waals surface area contributed by atoms with Crippen LogP contribution in [0.3, 0.4) is 0 Å². The first-order valence-electron chi connectivity index (χ1n) is 7.48. The Morgan fingerprint density at radius 3 is 2.82 bits per heavy atom. The van der Waals surface area contributed by atoms with Gasteiger partial charge in [-0.25, -0.2) is 4.98 Å². The summed E-state index contributed by atoms with van der Waals surface area (Å²) in [5.74, 6) is 0.329. The molecule has 1 N–H and O–H groups in total. The van der Waals surface area contributed by atoms with E-state index in [-0.39, 0.29) is 24.7 Å². The monoisotopic (exact) mass is 301 g/mol. The van der Waals surface area contributed by atoms with E-state index >= 15 is 0 Å². The average molecular weight is 301 g/mol. The molecule has 1 amide bonds. The van der Waals surface area contributed by atoms with Crippen LogP contribution < -0.4 is 5.32 Å². The van der Waals surface area contributed by atoms with Gasteiger partial charge in [0.25, 0.3) is 0 Å². The molecule has 1 fully saturated rings. The van der Waals surface area contributed by atoms with Crippen LogP contribution in [0, 0.1) is 0 Å². The molecule has 1 saturated carbocycles. The zero-order chi connectivity index (χ0) is 15.5. The van der Waals surface area contributed by atoms with E-state index in [4.69, 9.17) is 0 Å². The number of methoxy groups -OCH3 is 1. The number of carbonyl (C=O) groups excluding carboxylic acids is 2. The number of nitrogens with one attached hydrogen (secondary N) is 1. The molecule has 3 rings (SSSR count). The van der Waals surface area contributed by atoms with Gasteiger partial charge < -0.3 is 14.6 Å². The van der Waals surface area contributed by atoms with E-state index in [1.54, 1.807) is 0 Å². The van der Waals surface area contributed by atoms with Gasteiger partial charge in [0.15, 0.2) is 0 Å². The topological polar surface area (TPSA) is 73.2 Å². The first-order chi connectivity index (χ1) is 10.7. The van der Waals surface area contributed by atoms with Crippen LogP contribution in [0.5, 0.6) is 0 Å². The summed E-state index contributed by atoms with van der Waals surface area (Å²) in [6, 6.07) is 8.50. The van der Waals surface area contributed by atoms with Gasteiger partial charge >= 0.3 is 5.97 Å². The molecule has 0 bridgehead atoms. The number of rotatable bonds is 6. The highest BCUT2D eigenvalue weighted by atomic mass is 16.5. The van der Waals surface area contributed by atoms with Gasteiger partial charge in [0.1, 0.15) is 5.82 Å². The first kappa shape index (κ1) is 14.6. The lowest BCUT2D eigenvalue weighted by Gasteiger charge is -2.08. The predicted molar refractivity (Wildman–Crippen MR) is 81.1 cm³/mol. The molecule has 0 saturated heterocycles. The summed E-state index contributed by atoms with van der Waals surface area (Å²) in [6.45, 7) is 0.380. The average Bonchev–Trinajstić information content (AvgIpc) is 3.30. The Balaban J connectivity index is 1.67. The third-order valence-electron chi connectivity index (χ3n) is 3.81. The lowest BCUT2D eigenvalue weighted by molar-refractivity contribution is -0.142. The number of hydrogen-bond acceptors (Lipinski definition) is 4. The second-order valence-electron chi connectivity index (χ2n) is 5.47. The summed E-state index contributed by atoms with van der Waals surface area (Å²) in [7, 11) is 1.32. The summed E-state index contributed by atoms with van der Waals surface area (Å²) in [5, 5.41) is 2.83. The van der Waals surface area contributed by atoms with Crippen molar-refractivity contribution in [3.05, 3.63) is 30.1 Å². The van der Waals surface area contributed by atoms with E-state index in [1.807, 2.05) is 18.2 Å². The molecule has 116 valence electrons. The lowest BCUT2D eigenvalue weighted by Crippen LogP contribution is -2.25. The van der Waals surface area contributed by atoms with E-state index < -0.39 is 0 Å². The van der Waals surface area contributed by atoms with Crippen LogP contribution in [-0.4, -0.2) is 28.5 Å². The number of nitrogens with zero attached hydrogens (tertiary/aromatic N) is 2. The number of carbonyl (C=O) groups is 2. The normalized spacial score (nSPS) is 14.0. The number of esters is 1. The van der Waals surface area contributed by atoms with E-state index in [0.717, 1.165) is 29.7 Å². The number of para-hydroxylation sites is 2. The first-order valence-corrected chi connectivity index (χ1v) is 7.48. The maximum Gasteiger partial charge on any atom is 0.306 e. The van der Waals surface area contributed by atoms with Crippen molar-refractivity contribution in [3.8, 4) is 0 Å². The van der Waals surface area contributed by atoms with E-state index in [2.05, 4.69) is 25.7 Å². The van der Waals surface area contributed by atoms with Crippen LogP contribution in [0.2, 0.25) is 0 Å². The van der Waals surface area contributed by atoms with Crippen molar-refractivity contribution in [2.75, 3.05) is 7.11 Å².